The van der Waals surface area contributed by atoms with Crippen LogP contribution in [-0.4, -0.2) is 30.9 Å². The highest BCUT2D eigenvalue weighted by Gasteiger charge is 2.34. The number of thiazole rings is 1. The molecule has 1 heterocycles. The molecular formula is C18H20N2O4S. The zero-order valence-electron chi connectivity index (χ0n) is 14.6. The summed E-state index contributed by atoms with van der Waals surface area (Å²) in [6.45, 7) is 4.09. The summed E-state index contributed by atoms with van der Waals surface area (Å²) in [6, 6.07) is 5.13. The molecule has 1 aromatic heterocycles. The molecule has 6 nitrogen and oxygen atoms in total. The number of ether oxygens (including phenoxy) is 2. The van der Waals surface area contributed by atoms with Gasteiger partial charge < -0.3 is 9.47 Å². The highest BCUT2D eigenvalue weighted by molar-refractivity contribution is 7.17. The molecule has 7 heteroatoms. The van der Waals surface area contributed by atoms with Crippen LogP contribution in [0.3, 0.4) is 0 Å². The van der Waals surface area contributed by atoms with Crippen molar-refractivity contribution in [3.63, 3.8) is 0 Å². The molecule has 1 amide bonds. The number of nitrogens with one attached hydrogen (secondary N) is 1. The SMILES string of the molecule is COc1cccc(OC)c1C(=O)Nc1nc2c(s1)C(=O)CC(C)(C)C2. The summed E-state index contributed by atoms with van der Waals surface area (Å²) in [7, 11) is 2.99. The first-order valence-corrected chi connectivity index (χ1v) is 8.71. The van der Waals surface area contributed by atoms with Crippen LogP contribution in [0.4, 0.5) is 5.13 Å². The first kappa shape index (κ1) is 17.4. The van der Waals surface area contributed by atoms with Gasteiger partial charge in [-0.15, -0.1) is 0 Å². The number of anilines is 1. The molecule has 132 valence electrons. The second kappa shape index (κ2) is 6.48. The van der Waals surface area contributed by atoms with Gasteiger partial charge in [0.1, 0.15) is 17.1 Å². The van der Waals surface area contributed by atoms with Gasteiger partial charge in [-0.3, -0.25) is 14.9 Å². The summed E-state index contributed by atoms with van der Waals surface area (Å²) in [6.07, 6.45) is 1.22. The lowest BCUT2D eigenvalue weighted by Gasteiger charge is -2.26. The van der Waals surface area contributed by atoms with Gasteiger partial charge in [0, 0.05) is 6.42 Å². The molecule has 0 saturated carbocycles. The second-order valence-corrected chi connectivity index (χ2v) is 7.73. The summed E-state index contributed by atoms with van der Waals surface area (Å²) >= 11 is 1.22. The van der Waals surface area contributed by atoms with Gasteiger partial charge in [-0.25, -0.2) is 4.98 Å². The van der Waals surface area contributed by atoms with Crippen LogP contribution in [0.1, 0.15) is 46.0 Å². The fourth-order valence-electron chi connectivity index (χ4n) is 3.01. The van der Waals surface area contributed by atoms with E-state index in [1.54, 1.807) is 18.2 Å². The van der Waals surface area contributed by atoms with Gasteiger partial charge in [-0.1, -0.05) is 31.3 Å². The smallest absolute Gasteiger partial charge is 0.265 e. The number of fused-ring (bicyclic) bond motifs is 1. The molecule has 3 rings (SSSR count). The van der Waals surface area contributed by atoms with Gasteiger partial charge in [0.2, 0.25) is 0 Å². The van der Waals surface area contributed by atoms with Crippen LogP contribution in [0.5, 0.6) is 11.5 Å². The number of methoxy groups -OCH3 is 2. The lowest BCUT2D eigenvalue weighted by atomic mass is 9.78. The van der Waals surface area contributed by atoms with Crippen molar-refractivity contribution in [1.29, 1.82) is 0 Å². The molecule has 1 N–H and O–H groups in total. The minimum absolute atomic E-state index is 0.0825. The number of amides is 1. The Bertz CT molecular complexity index is 819. The Balaban J connectivity index is 1.90. The summed E-state index contributed by atoms with van der Waals surface area (Å²) in [5, 5.41) is 3.18. The Hall–Kier alpha value is -2.41. The van der Waals surface area contributed by atoms with Crippen molar-refractivity contribution < 1.29 is 19.1 Å². The topological polar surface area (TPSA) is 77.5 Å². The van der Waals surface area contributed by atoms with Crippen LogP contribution in [0.15, 0.2) is 18.2 Å². The number of benzene rings is 1. The Kier molecular flexibility index (Phi) is 4.51. The Morgan fingerprint density at radius 1 is 1.20 bits per heavy atom. The zero-order chi connectivity index (χ0) is 18.2. The normalized spacial score (nSPS) is 15.4. The molecule has 0 saturated heterocycles. The van der Waals surface area contributed by atoms with Gasteiger partial charge in [-0.2, -0.15) is 0 Å². The molecule has 25 heavy (non-hydrogen) atoms. The number of Topliss-reactive ketones (excluding diaryl/α,β-unsaturated/α-hetero) is 1. The lowest BCUT2D eigenvalue weighted by molar-refractivity contribution is 0.0915. The molecule has 0 bridgehead atoms. The maximum atomic E-state index is 12.7. The van der Waals surface area contributed by atoms with Crippen molar-refractivity contribution in [3.8, 4) is 11.5 Å². The van der Waals surface area contributed by atoms with Gasteiger partial charge in [0.05, 0.1) is 24.8 Å². The molecule has 0 fully saturated rings. The van der Waals surface area contributed by atoms with Crippen LogP contribution in [0, 0.1) is 5.41 Å². The first-order valence-electron chi connectivity index (χ1n) is 7.90. The molecule has 0 unspecified atom stereocenters. The van der Waals surface area contributed by atoms with Crippen LogP contribution in [0.2, 0.25) is 0 Å². The van der Waals surface area contributed by atoms with Gasteiger partial charge in [0.25, 0.3) is 5.91 Å². The number of carbonyl (C=O) groups excluding carboxylic acids is 2. The quantitative estimate of drug-likeness (QED) is 0.902. The largest absolute Gasteiger partial charge is 0.496 e. The summed E-state index contributed by atoms with van der Waals surface area (Å²) in [5.74, 6) is 0.525. The molecule has 0 atom stereocenters. The van der Waals surface area contributed by atoms with E-state index in [9.17, 15) is 9.59 Å². The third-order valence-electron chi connectivity index (χ3n) is 4.11. The molecule has 0 aliphatic heterocycles. The second-order valence-electron chi connectivity index (χ2n) is 6.73. The van der Waals surface area contributed by atoms with E-state index >= 15 is 0 Å². The van der Waals surface area contributed by atoms with Crippen molar-refractivity contribution in [2.24, 2.45) is 5.41 Å². The molecule has 2 aromatic rings. The van der Waals surface area contributed by atoms with Crippen molar-refractivity contribution in [1.82, 2.24) is 4.98 Å². The Morgan fingerprint density at radius 3 is 2.44 bits per heavy atom. The number of ketones is 1. The fourth-order valence-corrected chi connectivity index (χ4v) is 3.92. The van der Waals surface area contributed by atoms with Crippen LogP contribution in [0.25, 0.3) is 0 Å². The molecule has 1 aliphatic rings. The van der Waals surface area contributed by atoms with Crippen LogP contribution >= 0.6 is 11.3 Å². The van der Waals surface area contributed by atoms with E-state index in [1.807, 2.05) is 13.8 Å². The standard InChI is InChI=1S/C18H20N2O4S/c1-18(2)8-10-15(11(21)9-18)25-17(19-10)20-16(22)14-12(23-3)6-5-7-13(14)24-4/h5-7H,8-9H2,1-4H3,(H,19,20,22). The van der Waals surface area contributed by atoms with E-state index in [4.69, 9.17) is 9.47 Å². The molecule has 1 aliphatic carbocycles. The Labute approximate surface area is 150 Å². The molecular weight excluding hydrogens is 340 g/mol. The minimum atomic E-state index is -0.382. The number of carbonyl (C=O) groups is 2. The molecule has 0 spiro atoms. The van der Waals surface area contributed by atoms with Crippen molar-refractivity contribution in [3.05, 3.63) is 34.3 Å². The maximum absolute atomic E-state index is 12.7. The average molecular weight is 360 g/mol. The van der Waals surface area contributed by atoms with E-state index < -0.39 is 0 Å². The number of nitrogens with zero attached hydrogens (tertiary/aromatic N) is 1. The number of hydrogen-bond acceptors (Lipinski definition) is 6. The average Bonchev–Trinajstić information content (AvgIpc) is 2.95. The molecule has 0 radical (unpaired) electrons. The van der Waals surface area contributed by atoms with E-state index in [0.717, 1.165) is 12.1 Å². The first-order chi connectivity index (χ1) is 11.8. The van der Waals surface area contributed by atoms with E-state index in [0.29, 0.717) is 33.5 Å². The maximum Gasteiger partial charge on any atom is 0.265 e. The van der Waals surface area contributed by atoms with Crippen molar-refractivity contribution in [2.45, 2.75) is 26.7 Å². The monoisotopic (exact) mass is 360 g/mol. The lowest BCUT2D eigenvalue weighted by Crippen LogP contribution is -2.26. The van der Waals surface area contributed by atoms with Crippen molar-refractivity contribution in [2.75, 3.05) is 19.5 Å². The molecule has 1 aromatic carbocycles. The summed E-state index contributed by atoms with van der Waals surface area (Å²) < 4.78 is 10.5. The predicted molar refractivity (Wildman–Crippen MR) is 96.0 cm³/mol. The Morgan fingerprint density at radius 2 is 1.84 bits per heavy atom. The highest BCUT2D eigenvalue weighted by atomic mass is 32.1. The van der Waals surface area contributed by atoms with E-state index in [2.05, 4.69) is 10.3 Å². The van der Waals surface area contributed by atoms with Crippen molar-refractivity contribution >= 4 is 28.2 Å². The van der Waals surface area contributed by atoms with Gasteiger partial charge in [-0.05, 0) is 24.0 Å². The third-order valence-corrected chi connectivity index (χ3v) is 5.17. The van der Waals surface area contributed by atoms with Gasteiger partial charge in [0.15, 0.2) is 10.9 Å². The summed E-state index contributed by atoms with van der Waals surface area (Å²) in [4.78, 5) is 30.1. The third kappa shape index (κ3) is 3.37. The predicted octanol–water partition coefficient (Wildman–Crippen LogP) is 3.57. The minimum Gasteiger partial charge on any atom is -0.496 e. The van der Waals surface area contributed by atoms with E-state index in [1.165, 1.54) is 25.6 Å². The van der Waals surface area contributed by atoms with E-state index in [-0.39, 0.29) is 17.1 Å². The van der Waals surface area contributed by atoms with Crippen LogP contribution in [-0.2, 0) is 6.42 Å². The van der Waals surface area contributed by atoms with Gasteiger partial charge >= 0.3 is 0 Å². The fraction of sp³-hybridized carbons (Fsp3) is 0.389. The number of rotatable bonds is 4. The van der Waals surface area contributed by atoms with Crippen LogP contribution < -0.4 is 14.8 Å². The highest BCUT2D eigenvalue weighted by Crippen LogP contribution is 2.38. The number of aromatic nitrogens is 1. The summed E-state index contributed by atoms with van der Waals surface area (Å²) in [5.41, 5.74) is 0.951. The zero-order valence-corrected chi connectivity index (χ0v) is 15.5. The number of hydrogen-bond donors (Lipinski definition) is 1.